The number of rotatable bonds is 6. The molecule has 18 heavy (non-hydrogen) atoms. The third kappa shape index (κ3) is 13.2. The summed E-state index contributed by atoms with van der Waals surface area (Å²) in [4.78, 5) is 0. The first-order chi connectivity index (χ1) is 8.81. The fourth-order valence-corrected chi connectivity index (χ4v) is 1.50. The van der Waals surface area contributed by atoms with E-state index in [0.717, 1.165) is 38.5 Å². The fraction of sp³-hybridized carbons (Fsp3) is 0.467. The molecular formula is C15H19Cl2N. The Labute approximate surface area is 120 Å². The molecule has 0 aliphatic heterocycles. The molecule has 0 fully saturated rings. The maximum absolute atomic E-state index is 5.99. The Kier molecular flexibility index (Phi) is 13.5. The van der Waals surface area contributed by atoms with Crippen LogP contribution in [0.25, 0.3) is 0 Å². The number of hydrogen-bond acceptors (Lipinski definition) is 1. The minimum Gasteiger partial charge on any atom is -0.328 e. The molecule has 0 unspecified atom stereocenters. The zero-order valence-corrected chi connectivity index (χ0v) is 12.0. The van der Waals surface area contributed by atoms with Crippen LogP contribution in [0.3, 0.4) is 0 Å². The number of allylic oxidation sites excluding steroid dienone is 2. The molecule has 98 valence electrons. The lowest BCUT2D eigenvalue weighted by Gasteiger charge is -2.08. The van der Waals surface area contributed by atoms with Gasteiger partial charge in [-0.3, -0.25) is 0 Å². The van der Waals surface area contributed by atoms with Crippen molar-refractivity contribution in [2.24, 2.45) is 5.73 Å². The lowest BCUT2D eigenvalue weighted by Crippen LogP contribution is -2.19. The average Bonchev–Trinajstić information content (AvgIpc) is 2.38. The highest BCUT2D eigenvalue weighted by molar-refractivity contribution is 6.25. The summed E-state index contributed by atoms with van der Waals surface area (Å²) in [6, 6.07) is 0.251. The van der Waals surface area contributed by atoms with Crippen molar-refractivity contribution in [3.63, 3.8) is 0 Å². The fourth-order valence-electron chi connectivity index (χ4n) is 1.37. The van der Waals surface area contributed by atoms with Crippen LogP contribution in [-0.4, -0.2) is 6.04 Å². The second kappa shape index (κ2) is 14.2. The van der Waals surface area contributed by atoms with Gasteiger partial charge < -0.3 is 5.73 Å². The first-order valence-electron chi connectivity index (χ1n) is 6.04. The predicted octanol–water partition coefficient (Wildman–Crippen LogP) is 4.17. The molecule has 0 aromatic rings. The maximum Gasteiger partial charge on any atom is 0.0126 e. The Morgan fingerprint density at radius 3 is 1.72 bits per heavy atom. The van der Waals surface area contributed by atoms with E-state index in [0.29, 0.717) is 0 Å². The molecule has 0 bridgehead atoms. The van der Waals surface area contributed by atoms with Gasteiger partial charge >= 0.3 is 0 Å². The molecule has 2 N–H and O–H groups in total. The molecule has 0 aliphatic carbocycles. The maximum atomic E-state index is 5.99. The summed E-state index contributed by atoms with van der Waals surface area (Å²) in [6.07, 6.45) is 9.09. The Morgan fingerprint density at radius 1 is 0.889 bits per heavy atom. The predicted molar refractivity (Wildman–Crippen MR) is 81.2 cm³/mol. The largest absolute Gasteiger partial charge is 0.328 e. The molecule has 1 nitrogen and oxygen atoms in total. The Hall–Kier alpha value is -0.860. The molecule has 0 radical (unpaired) electrons. The van der Waals surface area contributed by atoms with E-state index in [4.69, 9.17) is 28.9 Å². The van der Waals surface area contributed by atoms with Crippen LogP contribution in [0.1, 0.15) is 38.5 Å². The van der Waals surface area contributed by atoms with Crippen molar-refractivity contribution in [1.82, 2.24) is 0 Å². The van der Waals surface area contributed by atoms with Crippen molar-refractivity contribution in [2.75, 3.05) is 0 Å². The van der Waals surface area contributed by atoms with Gasteiger partial charge in [0.15, 0.2) is 0 Å². The molecule has 0 amide bonds. The quantitative estimate of drug-likeness (QED) is 0.575. The molecule has 3 heteroatoms. The highest BCUT2D eigenvalue weighted by Crippen LogP contribution is 2.05. The van der Waals surface area contributed by atoms with Crippen LogP contribution in [0.4, 0.5) is 0 Å². The van der Waals surface area contributed by atoms with E-state index in [1.807, 2.05) is 0 Å². The van der Waals surface area contributed by atoms with E-state index in [9.17, 15) is 0 Å². The summed E-state index contributed by atoms with van der Waals surface area (Å²) >= 11 is 10.7. The first kappa shape index (κ1) is 17.1. The van der Waals surface area contributed by atoms with Crippen LogP contribution in [0.2, 0.25) is 0 Å². The summed E-state index contributed by atoms with van der Waals surface area (Å²) in [5, 5.41) is 0. The smallest absolute Gasteiger partial charge is 0.0126 e. The lowest BCUT2D eigenvalue weighted by molar-refractivity contribution is 0.536. The third-order valence-electron chi connectivity index (χ3n) is 2.25. The molecule has 0 aromatic heterocycles. The standard InChI is InChI=1S/C15H19Cl2N/c16-13-9-5-1-3-7-11-15(18)12-8-4-2-6-10-14-17/h9-10,13-15H,3-4,7-8,11-12,18H2. The Balaban J connectivity index is 3.47. The Morgan fingerprint density at radius 2 is 1.33 bits per heavy atom. The van der Waals surface area contributed by atoms with Crippen molar-refractivity contribution < 1.29 is 0 Å². The van der Waals surface area contributed by atoms with Gasteiger partial charge in [0, 0.05) is 30.0 Å². The first-order valence-corrected chi connectivity index (χ1v) is 6.91. The SMILES string of the molecule is NC(CCCC#CC=CCl)CCCC#CC=CCl. The van der Waals surface area contributed by atoms with Crippen molar-refractivity contribution in [3.8, 4) is 23.7 Å². The van der Waals surface area contributed by atoms with Gasteiger partial charge in [0.25, 0.3) is 0 Å². The topological polar surface area (TPSA) is 26.0 Å². The van der Waals surface area contributed by atoms with Crippen molar-refractivity contribution in [2.45, 2.75) is 44.6 Å². The van der Waals surface area contributed by atoms with E-state index in [-0.39, 0.29) is 6.04 Å². The van der Waals surface area contributed by atoms with Gasteiger partial charge in [0.1, 0.15) is 0 Å². The molecule has 0 spiro atoms. The molecule has 0 aliphatic rings. The number of nitrogens with two attached hydrogens (primary N) is 1. The second-order valence-electron chi connectivity index (χ2n) is 3.77. The third-order valence-corrected chi connectivity index (χ3v) is 2.50. The van der Waals surface area contributed by atoms with E-state index in [1.54, 1.807) is 12.2 Å². The summed E-state index contributed by atoms with van der Waals surface area (Å²) in [7, 11) is 0. The monoisotopic (exact) mass is 283 g/mol. The van der Waals surface area contributed by atoms with E-state index >= 15 is 0 Å². The minimum absolute atomic E-state index is 0.251. The van der Waals surface area contributed by atoms with E-state index in [1.165, 1.54) is 11.1 Å². The summed E-state index contributed by atoms with van der Waals surface area (Å²) < 4.78 is 0. The van der Waals surface area contributed by atoms with Crippen molar-refractivity contribution in [3.05, 3.63) is 23.2 Å². The van der Waals surface area contributed by atoms with Crippen LogP contribution in [0, 0.1) is 23.7 Å². The average molecular weight is 284 g/mol. The number of unbranched alkanes of at least 4 members (excludes halogenated alkanes) is 2. The van der Waals surface area contributed by atoms with Crippen LogP contribution < -0.4 is 5.73 Å². The van der Waals surface area contributed by atoms with Crippen molar-refractivity contribution in [1.29, 1.82) is 0 Å². The second-order valence-corrected chi connectivity index (χ2v) is 4.28. The molecule has 0 saturated carbocycles. The van der Waals surface area contributed by atoms with E-state index < -0.39 is 0 Å². The highest BCUT2D eigenvalue weighted by Gasteiger charge is 2.00. The van der Waals surface area contributed by atoms with Crippen LogP contribution in [0.5, 0.6) is 0 Å². The van der Waals surface area contributed by atoms with Gasteiger partial charge in [0.2, 0.25) is 0 Å². The van der Waals surface area contributed by atoms with E-state index in [2.05, 4.69) is 23.7 Å². The van der Waals surface area contributed by atoms with Gasteiger partial charge in [0.05, 0.1) is 0 Å². The normalized spacial score (nSPS) is 11.9. The molecular weight excluding hydrogens is 265 g/mol. The number of halogens is 2. The highest BCUT2D eigenvalue weighted by atomic mass is 35.5. The van der Waals surface area contributed by atoms with Gasteiger partial charge in [-0.05, 0) is 37.8 Å². The summed E-state index contributed by atoms with van der Waals surface area (Å²) in [5.41, 5.74) is 8.82. The lowest BCUT2D eigenvalue weighted by atomic mass is 10.0. The molecule has 0 saturated heterocycles. The van der Waals surface area contributed by atoms with Gasteiger partial charge in [-0.1, -0.05) is 46.9 Å². The zero-order chi connectivity index (χ0) is 13.5. The zero-order valence-electron chi connectivity index (χ0n) is 10.5. The summed E-state index contributed by atoms with van der Waals surface area (Å²) in [6.45, 7) is 0. The molecule has 0 rings (SSSR count). The minimum atomic E-state index is 0.251. The van der Waals surface area contributed by atoms with Crippen molar-refractivity contribution >= 4 is 23.2 Å². The molecule has 0 atom stereocenters. The van der Waals surface area contributed by atoms with Gasteiger partial charge in [-0.25, -0.2) is 0 Å². The molecule has 0 heterocycles. The summed E-state index contributed by atoms with van der Waals surface area (Å²) in [5.74, 6) is 11.7. The van der Waals surface area contributed by atoms with Crippen LogP contribution in [-0.2, 0) is 0 Å². The molecule has 0 aromatic carbocycles. The van der Waals surface area contributed by atoms with Gasteiger partial charge in [-0.2, -0.15) is 0 Å². The van der Waals surface area contributed by atoms with Crippen LogP contribution >= 0.6 is 23.2 Å². The van der Waals surface area contributed by atoms with Gasteiger partial charge in [-0.15, -0.1) is 0 Å². The number of hydrogen-bond donors (Lipinski definition) is 1. The Bertz CT molecular complexity index is 327. The van der Waals surface area contributed by atoms with Crippen LogP contribution in [0.15, 0.2) is 23.2 Å².